The van der Waals surface area contributed by atoms with Gasteiger partial charge in [0, 0.05) is 5.92 Å². The number of hydrogen-bond acceptors (Lipinski definition) is 2. The molecule has 2 atom stereocenters. The molecular formula is C9H19NO2. The van der Waals surface area contributed by atoms with Gasteiger partial charge in [0.15, 0.2) is 0 Å². The van der Waals surface area contributed by atoms with Crippen LogP contribution in [0.15, 0.2) is 0 Å². The molecule has 3 nitrogen and oxygen atoms in total. The fourth-order valence-electron chi connectivity index (χ4n) is 0.913. The minimum absolute atomic E-state index is 0.00255. The first kappa shape index (κ1) is 11.4. The predicted molar refractivity (Wildman–Crippen MR) is 48.7 cm³/mol. The fourth-order valence-corrected chi connectivity index (χ4v) is 0.913. The zero-order valence-corrected chi connectivity index (χ0v) is 8.29. The van der Waals surface area contributed by atoms with Gasteiger partial charge in [0.05, 0.1) is 12.1 Å². The second-order valence-corrected chi connectivity index (χ2v) is 3.42. The summed E-state index contributed by atoms with van der Waals surface area (Å²) in [5, 5.41) is 12.0. The Bertz CT molecular complexity index is 143. The average Bonchev–Trinajstić information content (AvgIpc) is 1.98. The van der Waals surface area contributed by atoms with E-state index in [1.54, 1.807) is 6.92 Å². The van der Waals surface area contributed by atoms with Crippen LogP contribution in [0.4, 0.5) is 0 Å². The molecule has 72 valence electrons. The third-order valence-electron chi connectivity index (χ3n) is 1.87. The normalized spacial score (nSPS) is 15.8. The van der Waals surface area contributed by atoms with Crippen LogP contribution in [0.3, 0.4) is 0 Å². The lowest BCUT2D eigenvalue weighted by Crippen LogP contribution is -2.43. The number of nitrogens with one attached hydrogen (secondary N) is 1. The largest absolute Gasteiger partial charge is 0.391 e. The first-order valence-electron chi connectivity index (χ1n) is 4.47. The van der Waals surface area contributed by atoms with Gasteiger partial charge in [-0.05, 0) is 13.3 Å². The lowest BCUT2D eigenvalue weighted by atomic mass is 10.1. The van der Waals surface area contributed by atoms with E-state index in [4.69, 9.17) is 0 Å². The Morgan fingerprint density at radius 3 is 2.17 bits per heavy atom. The number of aliphatic hydroxyl groups excluding tert-OH is 1. The van der Waals surface area contributed by atoms with Crippen molar-refractivity contribution in [1.29, 1.82) is 0 Å². The quantitative estimate of drug-likeness (QED) is 0.664. The maximum absolute atomic E-state index is 11.2. The number of aliphatic hydroxyl groups is 1. The van der Waals surface area contributed by atoms with Crippen LogP contribution >= 0.6 is 0 Å². The monoisotopic (exact) mass is 173 g/mol. The molecular weight excluding hydrogens is 154 g/mol. The van der Waals surface area contributed by atoms with Gasteiger partial charge < -0.3 is 10.4 Å². The van der Waals surface area contributed by atoms with Crippen molar-refractivity contribution in [2.45, 2.75) is 46.3 Å². The van der Waals surface area contributed by atoms with Crippen LogP contribution in [0.5, 0.6) is 0 Å². The third kappa shape index (κ3) is 3.72. The van der Waals surface area contributed by atoms with Crippen LogP contribution in [0.1, 0.15) is 34.1 Å². The van der Waals surface area contributed by atoms with Crippen molar-refractivity contribution in [2.75, 3.05) is 0 Å². The van der Waals surface area contributed by atoms with E-state index < -0.39 is 6.10 Å². The van der Waals surface area contributed by atoms with Crippen molar-refractivity contribution in [2.24, 2.45) is 5.92 Å². The molecule has 0 rings (SSSR count). The van der Waals surface area contributed by atoms with E-state index in [0.717, 1.165) is 6.42 Å². The van der Waals surface area contributed by atoms with Gasteiger partial charge in [0.25, 0.3) is 0 Å². The molecule has 0 aromatic rings. The summed E-state index contributed by atoms with van der Waals surface area (Å²) in [6.45, 7) is 7.31. The highest BCUT2D eigenvalue weighted by atomic mass is 16.3. The summed E-state index contributed by atoms with van der Waals surface area (Å²) in [4.78, 5) is 11.2. The maximum Gasteiger partial charge on any atom is 0.222 e. The summed E-state index contributed by atoms with van der Waals surface area (Å²) < 4.78 is 0. The van der Waals surface area contributed by atoms with Crippen LogP contribution in [-0.4, -0.2) is 23.2 Å². The van der Waals surface area contributed by atoms with Gasteiger partial charge in [-0.1, -0.05) is 20.8 Å². The second kappa shape index (κ2) is 5.14. The Labute approximate surface area is 74.2 Å². The van der Waals surface area contributed by atoms with Gasteiger partial charge in [0.2, 0.25) is 5.91 Å². The van der Waals surface area contributed by atoms with E-state index in [2.05, 4.69) is 5.32 Å². The minimum atomic E-state index is -0.474. The summed E-state index contributed by atoms with van der Waals surface area (Å²) in [5.41, 5.74) is 0. The van der Waals surface area contributed by atoms with Crippen molar-refractivity contribution in [3.63, 3.8) is 0 Å². The summed E-state index contributed by atoms with van der Waals surface area (Å²) in [6, 6.07) is -0.111. The molecule has 0 aliphatic carbocycles. The third-order valence-corrected chi connectivity index (χ3v) is 1.87. The molecule has 0 spiro atoms. The van der Waals surface area contributed by atoms with Gasteiger partial charge in [-0.2, -0.15) is 0 Å². The fraction of sp³-hybridized carbons (Fsp3) is 0.889. The van der Waals surface area contributed by atoms with Gasteiger partial charge in [-0.3, -0.25) is 4.79 Å². The Morgan fingerprint density at radius 1 is 1.42 bits per heavy atom. The molecule has 0 radical (unpaired) electrons. The average molecular weight is 173 g/mol. The molecule has 3 heteroatoms. The molecule has 0 heterocycles. The van der Waals surface area contributed by atoms with Crippen LogP contribution in [-0.2, 0) is 4.79 Å². The molecule has 0 saturated heterocycles. The smallest absolute Gasteiger partial charge is 0.222 e. The van der Waals surface area contributed by atoms with Gasteiger partial charge >= 0.3 is 0 Å². The van der Waals surface area contributed by atoms with Gasteiger partial charge in [0.1, 0.15) is 0 Å². The highest BCUT2D eigenvalue weighted by molar-refractivity contribution is 5.78. The van der Waals surface area contributed by atoms with Crippen LogP contribution < -0.4 is 5.32 Å². The van der Waals surface area contributed by atoms with E-state index in [0.29, 0.717) is 0 Å². The predicted octanol–water partition coefficient (Wildman–Crippen LogP) is 0.918. The van der Waals surface area contributed by atoms with E-state index in [-0.39, 0.29) is 17.9 Å². The highest BCUT2D eigenvalue weighted by Crippen LogP contribution is 2.00. The molecule has 0 aliphatic heterocycles. The molecule has 2 N–H and O–H groups in total. The Kier molecular flexibility index (Phi) is 4.90. The number of amides is 1. The summed E-state index contributed by atoms with van der Waals surface area (Å²) >= 11 is 0. The van der Waals surface area contributed by atoms with Crippen molar-refractivity contribution in [3.05, 3.63) is 0 Å². The standard InChI is InChI=1S/C9H19NO2/c1-5-8(7(4)11)10-9(12)6(2)3/h6-8,11H,5H2,1-4H3,(H,10,12). The second-order valence-electron chi connectivity index (χ2n) is 3.42. The van der Waals surface area contributed by atoms with E-state index in [9.17, 15) is 9.90 Å². The van der Waals surface area contributed by atoms with Crippen molar-refractivity contribution < 1.29 is 9.90 Å². The maximum atomic E-state index is 11.2. The molecule has 0 aromatic carbocycles. The van der Waals surface area contributed by atoms with Gasteiger partial charge in [-0.15, -0.1) is 0 Å². The van der Waals surface area contributed by atoms with E-state index in [1.165, 1.54) is 0 Å². The van der Waals surface area contributed by atoms with Crippen molar-refractivity contribution in [1.82, 2.24) is 5.32 Å². The van der Waals surface area contributed by atoms with Crippen LogP contribution in [0.25, 0.3) is 0 Å². The molecule has 1 amide bonds. The van der Waals surface area contributed by atoms with Crippen molar-refractivity contribution >= 4 is 5.91 Å². The zero-order valence-electron chi connectivity index (χ0n) is 8.29. The first-order valence-corrected chi connectivity index (χ1v) is 4.47. The zero-order chi connectivity index (χ0) is 9.72. The lowest BCUT2D eigenvalue weighted by molar-refractivity contribution is -0.125. The molecule has 0 fully saturated rings. The minimum Gasteiger partial charge on any atom is -0.391 e. The SMILES string of the molecule is CCC(NC(=O)C(C)C)C(C)O. The molecule has 0 aliphatic rings. The Hall–Kier alpha value is -0.570. The molecule has 0 saturated carbocycles. The molecule has 0 aromatic heterocycles. The summed E-state index contributed by atoms with van der Waals surface area (Å²) in [6.07, 6.45) is 0.286. The van der Waals surface area contributed by atoms with E-state index in [1.807, 2.05) is 20.8 Å². The lowest BCUT2D eigenvalue weighted by Gasteiger charge is -2.20. The summed E-state index contributed by atoms with van der Waals surface area (Å²) in [5.74, 6) is -0.0134. The molecule has 2 unspecified atom stereocenters. The van der Waals surface area contributed by atoms with Gasteiger partial charge in [-0.25, -0.2) is 0 Å². The molecule has 12 heavy (non-hydrogen) atoms. The molecule has 0 bridgehead atoms. The topological polar surface area (TPSA) is 49.3 Å². The van der Waals surface area contributed by atoms with Crippen LogP contribution in [0.2, 0.25) is 0 Å². The number of hydrogen-bond donors (Lipinski definition) is 2. The number of carbonyl (C=O) groups excluding carboxylic acids is 1. The summed E-state index contributed by atoms with van der Waals surface area (Å²) in [7, 11) is 0. The highest BCUT2D eigenvalue weighted by Gasteiger charge is 2.16. The first-order chi connectivity index (χ1) is 5.49. The Balaban J connectivity index is 3.94. The van der Waals surface area contributed by atoms with Crippen LogP contribution in [0, 0.1) is 5.92 Å². The van der Waals surface area contributed by atoms with E-state index >= 15 is 0 Å². The Morgan fingerprint density at radius 2 is 1.92 bits per heavy atom. The number of carbonyl (C=O) groups is 1. The number of rotatable bonds is 4. The van der Waals surface area contributed by atoms with Crippen molar-refractivity contribution in [3.8, 4) is 0 Å².